The summed E-state index contributed by atoms with van der Waals surface area (Å²) >= 11 is 1.89. The predicted octanol–water partition coefficient (Wildman–Crippen LogP) is 1.85. The number of aryl methyl sites for hydroxylation is 1. The van der Waals surface area contributed by atoms with Gasteiger partial charge in [-0.3, -0.25) is 14.8 Å². The number of nitrogens with one attached hydrogen (secondary N) is 2. The summed E-state index contributed by atoms with van der Waals surface area (Å²) in [5.41, 5.74) is 0. The number of piperazine rings is 1. The molecule has 0 bridgehead atoms. The normalized spacial score (nSPS) is 23.1. The fraction of sp³-hybridized carbons (Fsp3) is 0.762. The Balaban J connectivity index is 0.00000320. The van der Waals surface area contributed by atoms with Crippen LogP contribution in [0.3, 0.4) is 0 Å². The number of morpholine rings is 1. The molecule has 2 aliphatic rings. The largest absolute Gasteiger partial charge is 0.379 e. The summed E-state index contributed by atoms with van der Waals surface area (Å²) in [5.74, 6) is 0.917. The number of aliphatic imine (C=N–C) groups is 1. The minimum atomic E-state index is 0. The second-order valence-electron chi connectivity index (χ2n) is 8.11. The van der Waals surface area contributed by atoms with E-state index < -0.39 is 0 Å². The topological polar surface area (TPSA) is 55.4 Å². The van der Waals surface area contributed by atoms with Gasteiger partial charge in [-0.25, -0.2) is 0 Å². The predicted molar refractivity (Wildman–Crippen MR) is 138 cm³/mol. The Kier molecular flexibility index (Phi) is 11.3. The first-order chi connectivity index (χ1) is 14.1. The lowest BCUT2D eigenvalue weighted by Gasteiger charge is -2.38. The van der Waals surface area contributed by atoms with E-state index in [2.05, 4.69) is 65.4 Å². The molecule has 2 N–H and O–H groups in total. The lowest BCUT2D eigenvalue weighted by Crippen LogP contribution is -2.55. The Morgan fingerprint density at radius 2 is 1.97 bits per heavy atom. The summed E-state index contributed by atoms with van der Waals surface area (Å²) in [6, 6.07) is 5.31. The number of rotatable bonds is 7. The van der Waals surface area contributed by atoms with Gasteiger partial charge in [0.1, 0.15) is 0 Å². The van der Waals surface area contributed by atoms with Gasteiger partial charge in [-0.05, 0) is 40.1 Å². The van der Waals surface area contributed by atoms with Crippen molar-refractivity contribution in [1.29, 1.82) is 0 Å². The van der Waals surface area contributed by atoms with Gasteiger partial charge >= 0.3 is 0 Å². The number of nitrogens with zero attached hydrogens (tertiary/aromatic N) is 4. The van der Waals surface area contributed by atoms with E-state index in [-0.39, 0.29) is 24.0 Å². The molecule has 2 atom stereocenters. The highest BCUT2D eigenvalue weighted by Crippen LogP contribution is 2.28. The average molecular weight is 551 g/mol. The van der Waals surface area contributed by atoms with Gasteiger partial charge in [0.05, 0.1) is 25.8 Å². The van der Waals surface area contributed by atoms with Crippen LogP contribution in [-0.4, -0.2) is 106 Å². The number of hydrogen-bond acceptors (Lipinski definition) is 6. The van der Waals surface area contributed by atoms with E-state index in [0.29, 0.717) is 12.1 Å². The molecule has 0 amide bonds. The van der Waals surface area contributed by atoms with Crippen molar-refractivity contribution in [3.8, 4) is 0 Å². The SMILES string of the molecule is CCNC(=NCC(c1ccc(C)s1)N1CCOCC1)NCC1CN(C)CCN1C.I. The lowest BCUT2D eigenvalue weighted by molar-refractivity contribution is 0.0186. The molecule has 0 saturated carbocycles. The van der Waals surface area contributed by atoms with Crippen molar-refractivity contribution in [3.05, 3.63) is 21.9 Å². The molecule has 0 radical (unpaired) electrons. The third-order valence-corrected chi connectivity index (χ3v) is 6.93. The van der Waals surface area contributed by atoms with Crippen LogP contribution in [0.1, 0.15) is 22.7 Å². The highest BCUT2D eigenvalue weighted by Gasteiger charge is 2.25. The van der Waals surface area contributed by atoms with Gasteiger partial charge in [0.15, 0.2) is 5.96 Å². The van der Waals surface area contributed by atoms with Crippen LogP contribution in [0.4, 0.5) is 0 Å². The molecule has 1 aromatic rings. The smallest absolute Gasteiger partial charge is 0.191 e. The van der Waals surface area contributed by atoms with E-state index in [1.54, 1.807) is 0 Å². The molecule has 0 aliphatic carbocycles. The van der Waals surface area contributed by atoms with Crippen molar-refractivity contribution in [2.75, 3.05) is 79.7 Å². The molecule has 0 aromatic carbocycles. The molecular formula is C21H39IN6OS. The Bertz CT molecular complexity index is 651. The first kappa shape index (κ1) is 25.8. The summed E-state index contributed by atoms with van der Waals surface area (Å²) in [4.78, 5) is 15.1. The number of guanidine groups is 1. The van der Waals surface area contributed by atoms with Crippen LogP contribution in [0.2, 0.25) is 0 Å². The summed E-state index contributed by atoms with van der Waals surface area (Å²) in [6.07, 6.45) is 0. The van der Waals surface area contributed by atoms with Crippen molar-refractivity contribution < 1.29 is 4.74 Å². The summed E-state index contributed by atoms with van der Waals surface area (Å²) in [7, 11) is 4.42. The van der Waals surface area contributed by atoms with Gasteiger partial charge in [0.2, 0.25) is 0 Å². The van der Waals surface area contributed by atoms with E-state index in [1.165, 1.54) is 9.75 Å². The van der Waals surface area contributed by atoms with Crippen LogP contribution in [-0.2, 0) is 4.74 Å². The molecule has 3 heterocycles. The maximum Gasteiger partial charge on any atom is 0.191 e. The number of ether oxygens (including phenoxy) is 1. The molecule has 172 valence electrons. The Morgan fingerprint density at radius 1 is 1.20 bits per heavy atom. The summed E-state index contributed by atoms with van der Waals surface area (Å²) < 4.78 is 5.57. The molecule has 2 fully saturated rings. The standard InChI is InChI=1S/C21H38N6OS.HI/c1-5-22-21(23-14-18-16-25(3)8-9-26(18)4)24-15-19(20-7-6-17(2)29-20)27-10-12-28-13-11-27;/h6-7,18-19H,5,8-16H2,1-4H3,(H2,22,23,24);1H. The number of halogens is 1. The van der Waals surface area contributed by atoms with E-state index in [1.807, 2.05) is 11.3 Å². The molecule has 2 unspecified atom stereocenters. The van der Waals surface area contributed by atoms with Crippen LogP contribution in [0.15, 0.2) is 17.1 Å². The number of hydrogen-bond donors (Lipinski definition) is 2. The van der Waals surface area contributed by atoms with Crippen molar-refractivity contribution in [2.24, 2.45) is 4.99 Å². The second kappa shape index (κ2) is 13.2. The molecular weight excluding hydrogens is 511 g/mol. The number of likely N-dealkylation sites (N-methyl/N-ethyl adjacent to an activating group) is 2. The maximum atomic E-state index is 5.57. The first-order valence-electron chi connectivity index (χ1n) is 10.9. The zero-order valence-electron chi connectivity index (χ0n) is 18.9. The van der Waals surface area contributed by atoms with E-state index in [0.717, 1.165) is 71.5 Å². The van der Waals surface area contributed by atoms with Gasteiger partial charge in [0, 0.05) is 61.6 Å². The summed E-state index contributed by atoms with van der Waals surface area (Å²) in [6.45, 7) is 13.8. The molecule has 1 aromatic heterocycles. The quantitative estimate of drug-likeness (QED) is 0.307. The molecule has 2 aliphatic heterocycles. The Labute approximate surface area is 203 Å². The third kappa shape index (κ3) is 7.59. The van der Waals surface area contributed by atoms with Gasteiger partial charge in [0.25, 0.3) is 0 Å². The minimum absolute atomic E-state index is 0. The molecule has 9 heteroatoms. The second-order valence-corrected chi connectivity index (χ2v) is 9.43. The fourth-order valence-electron chi connectivity index (χ4n) is 3.96. The van der Waals surface area contributed by atoms with Crippen molar-refractivity contribution >= 4 is 41.3 Å². The number of thiophene rings is 1. The zero-order chi connectivity index (χ0) is 20.6. The monoisotopic (exact) mass is 550 g/mol. The van der Waals surface area contributed by atoms with Gasteiger partial charge < -0.3 is 20.3 Å². The van der Waals surface area contributed by atoms with E-state index in [4.69, 9.17) is 9.73 Å². The maximum absolute atomic E-state index is 5.57. The van der Waals surface area contributed by atoms with Crippen molar-refractivity contribution in [2.45, 2.75) is 25.9 Å². The van der Waals surface area contributed by atoms with Crippen LogP contribution in [0.25, 0.3) is 0 Å². The fourth-order valence-corrected chi connectivity index (χ4v) is 4.97. The van der Waals surface area contributed by atoms with E-state index in [9.17, 15) is 0 Å². The molecule has 2 saturated heterocycles. The highest BCUT2D eigenvalue weighted by molar-refractivity contribution is 14.0. The molecule has 3 rings (SSSR count). The summed E-state index contributed by atoms with van der Waals surface area (Å²) in [5, 5.41) is 7.02. The van der Waals surface area contributed by atoms with Crippen LogP contribution < -0.4 is 10.6 Å². The van der Waals surface area contributed by atoms with Crippen LogP contribution in [0.5, 0.6) is 0 Å². The first-order valence-corrected chi connectivity index (χ1v) is 11.7. The molecule has 7 nitrogen and oxygen atoms in total. The molecule has 0 spiro atoms. The highest BCUT2D eigenvalue weighted by atomic mass is 127. The van der Waals surface area contributed by atoms with Gasteiger partial charge in [-0.1, -0.05) is 0 Å². The third-order valence-electron chi connectivity index (χ3n) is 5.83. The minimum Gasteiger partial charge on any atom is -0.379 e. The zero-order valence-corrected chi connectivity index (χ0v) is 22.0. The molecule has 30 heavy (non-hydrogen) atoms. The lowest BCUT2D eigenvalue weighted by atomic mass is 10.2. The van der Waals surface area contributed by atoms with E-state index >= 15 is 0 Å². The van der Waals surface area contributed by atoms with Crippen molar-refractivity contribution in [1.82, 2.24) is 25.3 Å². The van der Waals surface area contributed by atoms with Crippen LogP contribution in [0, 0.1) is 6.92 Å². The van der Waals surface area contributed by atoms with Gasteiger partial charge in [-0.2, -0.15) is 0 Å². The Hall–Kier alpha value is -0.460. The Morgan fingerprint density at radius 3 is 2.63 bits per heavy atom. The van der Waals surface area contributed by atoms with Crippen molar-refractivity contribution in [3.63, 3.8) is 0 Å². The average Bonchev–Trinajstić information content (AvgIpc) is 3.15. The van der Waals surface area contributed by atoms with Gasteiger partial charge in [-0.15, -0.1) is 35.3 Å². The van der Waals surface area contributed by atoms with Crippen LogP contribution >= 0.6 is 35.3 Å².